The average molecular weight is 238 g/mol. The summed E-state index contributed by atoms with van der Waals surface area (Å²) in [7, 11) is 0. The summed E-state index contributed by atoms with van der Waals surface area (Å²) in [5.74, 6) is -0.457. The van der Waals surface area contributed by atoms with Crippen LogP contribution in [-0.4, -0.2) is 28.6 Å². The van der Waals surface area contributed by atoms with Gasteiger partial charge in [-0.05, 0) is 13.3 Å². The minimum absolute atomic E-state index is 0.0688. The van der Waals surface area contributed by atoms with Gasteiger partial charge in [-0.3, -0.25) is 9.59 Å². The maximum Gasteiger partial charge on any atom is 0.256 e. The highest BCUT2D eigenvalue weighted by Gasteiger charge is 2.11. The van der Waals surface area contributed by atoms with Crippen molar-refractivity contribution in [2.75, 3.05) is 6.54 Å². The van der Waals surface area contributed by atoms with Gasteiger partial charge < -0.3 is 15.4 Å². The van der Waals surface area contributed by atoms with E-state index in [9.17, 15) is 14.7 Å². The van der Waals surface area contributed by atoms with Crippen LogP contribution in [0.15, 0.2) is 17.1 Å². The van der Waals surface area contributed by atoms with Gasteiger partial charge in [0.1, 0.15) is 5.56 Å². The van der Waals surface area contributed by atoms with Gasteiger partial charge in [-0.15, -0.1) is 0 Å². The van der Waals surface area contributed by atoms with E-state index in [1.165, 1.54) is 12.3 Å². The second-order valence-corrected chi connectivity index (χ2v) is 4.05. The van der Waals surface area contributed by atoms with Crippen molar-refractivity contribution in [2.45, 2.75) is 32.8 Å². The first-order chi connectivity index (χ1) is 8.04. The number of rotatable bonds is 5. The number of pyridine rings is 1. The van der Waals surface area contributed by atoms with Crippen LogP contribution in [0.3, 0.4) is 0 Å². The van der Waals surface area contributed by atoms with Crippen molar-refractivity contribution in [3.8, 4) is 0 Å². The average Bonchev–Trinajstić information content (AvgIpc) is 2.26. The van der Waals surface area contributed by atoms with Crippen molar-refractivity contribution in [3.05, 3.63) is 33.7 Å². The zero-order valence-electron chi connectivity index (χ0n) is 10.1. The molecule has 0 spiro atoms. The summed E-state index contributed by atoms with van der Waals surface area (Å²) in [6.45, 7) is 3.86. The molecule has 1 heterocycles. The first-order valence-corrected chi connectivity index (χ1v) is 5.70. The first kappa shape index (κ1) is 13.4. The summed E-state index contributed by atoms with van der Waals surface area (Å²) < 4.78 is 0. The molecule has 1 aromatic heterocycles. The molecule has 0 radical (unpaired) electrons. The van der Waals surface area contributed by atoms with Crippen LogP contribution >= 0.6 is 0 Å². The molecule has 5 heteroatoms. The molecule has 3 N–H and O–H groups in total. The standard InChI is InChI=1S/C12H18N2O3/c1-3-4-9(15)6-14-12(17)10-7-13-8(2)5-11(10)16/h5,7,9,15H,3-4,6H2,1-2H3,(H,13,16)(H,14,17). The fraction of sp³-hybridized carbons (Fsp3) is 0.500. The van der Waals surface area contributed by atoms with Gasteiger partial charge in [-0.2, -0.15) is 0 Å². The molecule has 0 aliphatic carbocycles. The van der Waals surface area contributed by atoms with Gasteiger partial charge in [0, 0.05) is 24.5 Å². The summed E-state index contributed by atoms with van der Waals surface area (Å²) in [4.78, 5) is 26.0. The van der Waals surface area contributed by atoms with E-state index in [2.05, 4.69) is 10.3 Å². The lowest BCUT2D eigenvalue weighted by Gasteiger charge is -2.10. The van der Waals surface area contributed by atoms with E-state index in [0.29, 0.717) is 12.1 Å². The largest absolute Gasteiger partial charge is 0.391 e. The molecule has 0 bridgehead atoms. The number of aliphatic hydroxyl groups excluding tert-OH is 1. The number of amides is 1. The van der Waals surface area contributed by atoms with Crippen LogP contribution in [0.5, 0.6) is 0 Å². The molecule has 1 amide bonds. The van der Waals surface area contributed by atoms with Gasteiger partial charge in [0.2, 0.25) is 0 Å². The maximum atomic E-state index is 11.6. The Morgan fingerprint density at radius 1 is 1.59 bits per heavy atom. The highest BCUT2D eigenvalue weighted by atomic mass is 16.3. The third-order valence-electron chi connectivity index (χ3n) is 2.42. The van der Waals surface area contributed by atoms with E-state index in [1.807, 2.05) is 6.92 Å². The van der Waals surface area contributed by atoms with Crippen LogP contribution in [0.25, 0.3) is 0 Å². The van der Waals surface area contributed by atoms with E-state index >= 15 is 0 Å². The number of aliphatic hydroxyl groups is 1. The van der Waals surface area contributed by atoms with Crippen LogP contribution in [0.1, 0.15) is 35.8 Å². The smallest absolute Gasteiger partial charge is 0.256 e. The van der Waals surface area contributed by atoms with Crippen molar-refractivity contribution in [1.82, 2.24) is 10.3 Å². The van der Waals surface area contributed by atoms with Crippen LogP contribution < -0.4 is 10.7 Å². The Balaban J connectivity index is 2.61. The zero-order chi connectivity index (χ0) is 12.8. The highest BCUT2D eigenvalue weighted by Crippen LogP contribution is 1.96. The van der Waals surface area contributed by atoms with E-state index in [0.717, 1.165) is 6.42 Å². The predicted octanol–water partition coefficient (Wildman–Crippen LogP) is 0.574. The van der Waals surface area contributed by atoms with Gasteiger partial charge in [0.25, 0.3) is 5.91 Å². The molecular formula is C12H18N2O3. The molecule has 0 aliphatic rings. The Bertz CT molecular complexity index is 440. The lowest BCUT2D eigenvalue weighted by Crippen LogP contribution is -2.34. The van der Waals surface area contributed by atoms with Gasteiger partial charge >= 0.3 is 0 Å². The van der Waals surface area contributed by atoms with Crippen molar-refractivity contribution in [3.63, 3.8) is 0 Å². The van der Waals surface area contributed by atoms with Crippen LogP contribution in [0.2, 0.25) is 0 Å². The van der Waals surface area contributed by atoms with Crippen LogP contribution in [0, 0.1) is 6.92 Å². The number of nitrogens with one attached hydrogen (secondary N) is 2. The second-order valence-electron chi connectivity index (χ2n) is 4.05. The zero-order valence-corrected chi connectivity index (χ0v) is 10.1. The third-order valence-corrected chi connectivity index (χ3v) is 2.42. The number of carbonyl (C=O) groups is 1. The number of hydrogen-bond acceptors (Lipinski definition) is 3. The minimum Gasteiger partial charge on any atom is -0.391 e. The predicted molar refractivity (Wildman–Crippen MR) is 65.0 cm³/mol. The summed E-state index contributed by atoms with van der Waals surface area (Å²) in [5.41, 5.74) is 0.459. The van der Waals surface area contributed by atoms with Crippen molar-refractivity contribution in [1.29, 1.82) is 0 Å². The number of hydrogen-bond donors (Lipinski definition) is 3. The highest BCUT2D eigenvalue weighted by molar-refractivity contribution is 5.93. The molecule has 94 valence electrons. The normalized spacial score (nSPS) is 12.2. The number of aryl methyl sites for hydroxylation is 1. The second kappa shape index (κ2) is 6.20. The first-order valence-electron chi connectivity index (χ1n) is 5.70. The monoisotopic (exact) mass is 238 g/mol. The van der Waals surface area contributed by atoms with Crippen molar-refractivity contribution < 1.29 is 9.90 Å². The molecule has 0 aliphatic heterocycles. The van der Waals surface area contributed by atoms with E-state index in [1.54, 1.807) is 6.92 Å². The Hall–Kier alpha value is -1.62. The SMILES string of the molecule is CCCC(O)CNC(=O)c1c[nH]c(C)cc1=O. The quantitative estimate of drug-likeness (QED) is 0.701. The fourth-order valence-corrected chi connectivity index (χ4v) is 1.49. The summed E-state index contributed by atoms with van der Waals surface area (Å²) in [6, 6.07) is 1.37. The topological polar surface area (TPSA) is 82.2 Å². The van der Waals surface area contributed by atoms with Crippen LogP contribution in [0.4, 0.5) is 0 Å². The lowest BCUT2D eigenvalue weighted by atomic mass is 10.2. The van der Waals surface area contributed by atoms with Crippen molar-refractivity contribution in [2.24, 2.45) is 0 Å². The minimum atomic E-state index is -0.562. The summed E-state index contributed by atoms with van der Waals surface area (Å²) in [5, 5.41) is 12.0. The number of aromatic nitrogens is 1. The molecule has 1 unspecified atom stereocenters. The van der Waals surface area contributed by atoms with Crippen molar-refractivity contribution >= 4 is 5.91 Å². The van der Waals surface area contributed by atoms with E-state index in [4.69, 9.17) is 0 Å². The molecule has 5 nitrogen and oxygen atoms in total. The number of carbonyl (C=O) groups excluding carboxylic acids is 1. The molecule has 1 aromatic rings. The Morgan fingerprint density at radius 2 is 2.29 bits per heavy atom. The van der Waals surface area contributed by atoms with Gasteiger partial charge in [-0.1, -0.05) is 13.3 Å². The third kappa shape index (κ3) is 4.03. The van der Waals surface area contributed by atoms with Gasteiger partial charge in [0.15, 0.2) is 5.43 Å². The summed E-state index contributed by atoms with van der Waals surface area (Å²) >= 11 is 0. The Kier molecular flexibility index (Phi) is 4.90. The maximum absolute atomic E-state index is 11.6. The molecular weight excluding hydrogens is 220 g/mol. The fourth-order valence-electron chi connectivity index (χ4n) is 1.49. The van der Waals surface area contributed by atoms with E-state index in [-0.39, 0.29) is 17.5 Å². The Morgan fingerprint density at radius 3 is 2.88 bits per heavy atom. The van der Waals surface area contributed by atoms with Crippen LogP contribution in [-0.2, 0) is 0 Å². The summed E-state index contributed by atoms with van der Waals surface area (Å²) in [6.07, 6.45) is 2.31. The number of aromatic amines is 1. The number of H-pyrrole nitrogens is 1. The Labute approximate surface area is 99.9 Å². The molecule has 1 atom stereocenters. The molecule has 0 fully saturated rings. The van der Waals surface area contributed by atoms with Gasteiger partial charge in [0.05, 0.1) is 6.10 Å². The molecule has 0 aromatic carbocycles. The van der Waals surface area contributed by atoms with E-state index < -0.39 is 12.0 Å². The van der Waals surface area contributed by atoms with Gasteiger partial charge in [-0.25, -0.2) is 0 Å². The molecule has 17 heavy (non-hydrogen) atoms. The molecule has 1 rings (SSSR count). The molecule has 0 saturated heterocycles. The molecule has 0 saturated carbocycles. The lowest BCUT2D eigenvalue weighted by molar-refractivity contribution is 0.0908.